The van der Waals surface area contributed by atoms with E-state index in [-0.39, 0.29) is 0 Å². The van der Waals surface area contributed by atoms with E-state index in [1.165, 1.54) is 36.6 Å². The average Bonchev–Trinajstić information content (AvgIpc) is 2.51. The van der Waals surface area contributed by atoms with Crippen molar-refractivity contribution in [1.29, 1.82) is 0 Å². The van der Waals surface area contributed by atoms with Crippen molar-refractivity contribution in [1.82, 2.24) is 5.32 Å². The Hall–Kier alpha value is -1.05. The fourth-order valence-corrected chi connectivity index (χ4v) is 3.65. The summed E-state index contributed by atoms with van der Waals surface area (Å²) in [5.41, 5.74) is 1.38. The topological polar surface area (TPSA) is 12.0 Å². The molecule has 0 aliphatic carbocycles. The molecule has 0 bridgehead atoms. The number of benzene rings is 2. The minimum Gasteiger partial charge on any atom is -0.313 e. The lowest BCUT2D eigenvalue weighted by atomic mass is 9.84. The molecule has 1 nitrogen and oxygen atoms in total. The lowest BCUT2D eigenvalue weighted by Crippen LogP contribution is -2.25. The Morgan fingerprint density at radius 3 is 2.14 bits per heavy atom. The molecule has 0 aliphatic heterocycles. The first-order valence-electron chi connectivity index (χ1n) is 8.07. The molecular weight excluding hydrogens is 278 g/mol. The quantitative estimate of drug-likeness (QED) is 0.664. The molecule has 2 rings (SSSR count). The summed E-state index contributed by atoms with van der Waals surface area (Å²) >= 11 is 6.36. The van der Waals surface area contributed by atoms with E-state index in [2.05, 4.69) is 56.5 Å². The fraction of sp³-hybridized carbons (Fsp3) is 0.474. The first-order valence-corrected chi connectivity index (χ1v) is 8.45. The molecule has 114 valence electrons. The molecule has 2 aromatic rings. The highest BCUT2D eigenvalue weighted by Gasteiger charge is 2.22. The SMILES string of the molecule is CCCC(CCC)C(NC)c1ccc(Cl)c2ccccc12. The number of hydrogen-bond acceptors (Lipinski definition) is 1. The van der Waals surface area contributed by atoms with Gasteiger partial charge in [-0.15, -0.1) is 0 Å². The summed E-state index contributed by atoms with van der Waals surface area (Å²) in [6.07, 6.45) is 4.98. The van der Waals surface area contributed by atoms with Gasteiger partial charge in [0.1, 0.15) is 0 Å². The predicted molar refractivity (Wildman–Crippen MR) is 94.1 cm³/mol. The van der Waals surface area contributed by atoms with Crippen LogP contribution in [0, 0.1) is 5.92 Å². The number of nitrogens with one attached hydrogen (secondary N) is 1. The molecule has 0 fully saturated rings. The number of rotatable bonds is 7. The van der Waals surface area contributed by atoms with Crippen molar-refractivity contribution in [3.63, 3.8) is 0 Å². The van der Waals surface area contributed by atoms with Crippen LogP contribution in [-0.4, -0.2) is 7.05 Å². The van der Waals surface area contributed by atoms with Crippen LogP contribution in [0.2, 0.25) is 5.02 Å². The molecule has 2 aromatic carbocycles. The molecule has 0 saturated carbocycles. The number of hydrogen-bond donors (Lipinski definition) is 1. The molecule has 0 heterocycles. The second kappa shape index (κ2) is 7.82. The summed E-state index contributed by atoms with van der Waals surface area (Å²) in [7, 11) is 2.08. The van der Waals surface area contributed by atoms with Crippen molar-refractivity contribution >= 4 is 22.4 Å². The van der Waals surface area contributed by atoms with Crippen molar-refractivity contribution in [3.8, 4) is 0 Å². The zero-order chi connectivity index (χ0) is 15.2. The predicted octanol–water partition coefficient (Wildman–Crippen LogP) is 5.97. The average molecular weight is 304 g/mol. The van der Waals surface area contributed by atoms with Gasteiger partial charge in [-0.05, 0) is 42.8 Å². The van der Waals surface area contributed by atoms with Crippen LogP contribution < -0.4 is 5.32 Å². The summed E-state index contributed by atoms with van der Waals surface area (Å²) in [5, 5.41) is 6.83. The Morgan fingerprint density at radius 2 is 1.57 bits per heavy atom. The van der Waals surface area contributed by atoms with E-state index in [4.69, 9.17) is 11.6 Å². The highest BCUT2D eigenvalue weighted by atomic mass is 35.5. The Bertz CT molecular complexity index is 573. The highest BCUT2D eigenvalue weighted by Crippen LogP contribution is 2.35. The van der Waals surface area contributed by atoms with Gasteiger partial charge in [0, 0.05) is 16.5 Å². The Morgan fingerprint density at radius 1 is 0.952 bits per heavy atom. The van der Waals surface area contributed by atoms with Crippen molar-refractivity contribution in [2.75, 3.05) is 7.05 Å². The van der Waals surface area contributed by atoms with E-state index in [1.54, 1.807) is 0 Å². The van der Waals surface area contributed by atoms with Crippen molar-refractivity contribution in [3.05, 3.63) is 47.0 Å². The van der Waals surface area contributed by atoms with Gasteiger partial charge in [0.15, 0.2) is 0 Å². The van der Waals surface area contributed by atoms with E-state index in [0.29, 0.717) is 12.0 Å². The third-order valence-electron chi connectivity index (χ3n) is 4.34. The summed E-state index contributed by atoms with van der Waals surface area (Å²) < 4.78 is 0. The minimum atomic E-state index is 0.395. The van der Waals surface area contributed by atoms with Crippen molar-refractivity contribution < 1.29 is 0 Å². The minimum absolute atomic E-state index is 0.395. The fourth-order valence-electron chi connectivity index (χ4n) is 3.42. The molecule has 0 aromatic heterocycles. The van der Waals surface area contributed by atoms with E-state index in [9.17, 15) is 0 Å². The van der Waals surface area contributed by atoms with Crippen molar-refractivity contribution in [2.24, 2.45) is 5.92 Å². The Kier molecular flexibility index (Phi) is 6.08. The van der Waals surface area contributed by atoms with E-state index >= 15 is 0 Å². The van der Waals surface area contributed by atoms with Crippen LogP contribution in [0.5, 0.6) is 0 Å². The van der Waals surface area contributed by atoms with Crippen LogP contribution in [0.1, 0.15) is 51.1 Å². The first-order chi connectivity index (χ1) is 10.2. The number of fused-ring (bicyclic) bond motifs is 1. The zero-order valence-corrected chi connectivity index (χ0v) is 14.1. The van der Waals surface area contributed by atoms with Crippen LogP contribution >= 0.6 is 11.6 Å². The van der Waals surface area contributed by atoms with Gasteiger partial charge < -0.3 is 5.32 Å². The highest BCUT2D eigenvalue weighted by molar-refractivity contribution is 6.35. The van der Waals surface area contributed by atoms with Crippen LogP contribution in [0.3, 0.4) is 0 Å². The molecule has 0 aliphatic rings. The molecule has 0 amide bonds. The van der Waals surface area contributed by atoms with Crippen LogP contribution in [0.4, 0.5) is 0 Å². The normalized spacial score (nSPS) is 13.0. The molecule has 1 N–H and O–H groups in total. The summed E-state index contributed by atoms with van der Waals surface area (Å²) in [5.74, 6) is 0.676. The standard InChI is InChI=1S/C19H26ClN/c1-4-8-14(9-5-2)19(21-3)17-12-13-18(20)16-11-7-6-10-15(16)17/h6-7,10-14,19,21H,4-5,8-9H2,1-3H3. The van der Waals surface area contributed by atoms with Crippen molar-refractivity contribution in [2.45, 2.75) is 45.6 Å². The summed E-state index contributed by atoms with van der Waals surface area (Å²) in [4.78, 5) is 0. The van der Waals surface area contributed by atoms with E-state index < -0.39 is 0 Å². The second-order valence-electron chi connectivity index (χ2n) is 5.79. The second-order valence-corrected chi connectivity index (χ2v) is 6.19. The molecular formula is C19H26ClN. The van der Waals surface area contributed by atoms with Gasteiger partial charge in [0.2, 0.25) is 0 Å². The molecule has 21 heavy (non-hydrogen) atoms. The maximum absolute atomic E-state index is 6.36. The summed E-state index contributed by atoms with van der Waals surface area (Å²) in [6.45, 7) is 4.55. The zero-order valence-electron chi connectivity index (χ0n) is 13.3. The van der Waals surface area contributed by atoms with Gasteiger partial charge in [0.25, 0.3) is 0 Å². The van der Waals surface area contributed by atoms with Gasteiger partial charge in [-0.1, -0.05) is 68.6 Å². The Labute approximate surface area is 133 Å². The molecule has 1 atom stereocenters. The lowest BCUT2D eigenvalue weighted by molar-refractivity contribution is 0.332. The maximum Gasteiger partial charge on any atom is 0.0484 e. The third kappa shape index (κ3) is 3.59. The molecule has 1 unspecified atom stereocenters. The summed E-state index contributed by atoms with van der Waals surface area (Å²) in [6, 6.07) is 13.1. The molecule has 0 saturated heterocycles. The molecule has 0 spiro atoms. The van der Waals surface area contributed by atoms with Gasteiger partial charge in [-0.3, -0.25) is 0 Å². The molecule has 0 radical (unpaired) electrons. The molecule has 2 heteroatoms. The smallest absolute Gasteiger partial charge is 0.0484 e. The largest absolute Gasteiger partial charge is 0.313 e. The third-order valence-corrected chi connectivity index (χ3v) is 4.67. The van der Waals surface area contributed by atoms with Gasteiger partial charge in [-0.2, -0.15) is 0 Å². The Balaban J connectivity index is 2.48. The number of halogens is 1. The van der Waals surface area contributed by atoms with Crippen LogP contribution in [-0.2, 0) is 0 Å². The van der Waals surface area contributed by atoms with E-state index in [1.807, 2.05) is 6.07 Å². The van der Waals surface area contributed by atoms with Crippen LogP contribution in [0.15, 0.2) is 36.4 Å². The maximum atomic E-state index is 6.36. The first kappa shape index (κ1) is 16.3. The van der Waals surface area contributed by atoms with Gasteiger partial charge in [0.05, 0.1) is 0 Å². The van der Waals surface area contributed by atoms with Crippen LogP contribution in [0.25, 0.3) is 10.8 Å². The van der Waals surface area contributed by atoms with E-state index in [0.717, 1.165) is 10.4 Å². The monoisotopic (exact) mass is 303 g/mol. The van der Waals surface area contributed by atoms with Gasteiger partial charge >= 0.3 is 0 Å². The van der Waals surface area contributed by atoms with Gasteiger partial charge in [-0.25, -0.2) is 0 Å². The lowest BCUT2D eigenvalue weighted by Gasteiger charge is -2.28.